The van der Waals surface area contributed by atoms with E-state index < -0.39 is 16.0 Å². The van der Waals surface area contributed by atoms with E-state index in [9.17, 15) is 13.2 Å². The molecule has 1 N–H and O–H groups in total. The fourth-order valence-electron chi connectivity index (χ4n) is 1.17. The van der Waals surface area contributed by atoms with E-state index in [2.05, 4.69) is 0 Å². The summed E-state index contributed by atoms with van der Waals surface area (Å²) in [7, 11) is -2.09. The van der Waals surface area contributed by atoms with Crippen molar-refractivity contribution in [3.05, 3.63) is 23.5 Å². The molecular formula is C8H11NO5S. The van der Waals surface area contributed by atoms with Gasteiger partial charge in [-0.3, -0.25) is 0 Å². The van der Waals surface area contributed by atoms with E-state index in [1.54, 1.807) is 0 Å². The average Bonchev–Trinajstić information content (AvgIpc) is 2.48. The molecule has 0 saturated heterocycles. The lowest BCUT2D eigenvalue weighted by atomic mass is 10.3. The maximum absolute atomic E-state index is 11.3. The van der Waals surface area contributed by atoms with Crippen molar-refractivity contribution in [3.8, 4) is 0 Å². The van der Waals surface area contributed by atoms with Gasteiger partial charge in [0.25, 0.3) is 0 Å². The van der Waals surface area contributed by atoms with Gasteiger partial charge in [-0.05, 0) is 6.07 Å². The third kappa shape index (κ3) is 2.57. The topological polar surface area (TPSA) is 85.6 Å². The van der Waals surface area contributed by atoms with Crippen molar-refractivity contribution in [2.75, 3.05) is 13.4 Å². The molecule has 1 rings (SSSR count). The Bertz CT molecular complexity index is 473. The number of carboxylic acid groups (broad SMARTS) is 1. The summed E-state index contributed by atoms with van der Waals surface area (Å²) < 4.78 is 28.2. The highest BCUT2D eigenvalue weighted by molar-refractivity contribution is 7.89. The summed E-state index contributed by atoms with van der Waals surface area (Å²) in [6.45, 7) is 0.0420. The smallest absolute Gasteiger partial charge is 0.337 e. The van der Waals surface area contributed by atoms with Crippen LogP contribution in [0.25, 0.3) is 0 Å². The molecule has 0 fully saturated rings. The zero-order valence-corrected chi connectivity index (χ0v) is 9.11. The van der Waals surface area contributed by atoms with Crippen molar-refractivity contribution in [2.24, 2.45) is 0 Å². The van der Waals surface area contributed by atoms with Gasteiger partial charge in [0, 0.05) is 13.3 Å². The van der Waals surface area contributed by atoms with Gasteiger partial charge in [-0.25, -0.2) is 17.2 Å². The minimum atomic E-state index is -3.50. The van der Waals surface area contributed by atoms with Crippen LogP contribution >= 0.6 is 0 Å². The highest BCUT2D eigenvalue weighted by Gasteiger charge is 2.16. The number of ether oxygens (including phenoxy) is 1. The second-order valence-corrected chi connectivity index (χ2v) is 4.88. The Kier molecular flexibility index (Phi) is 3.15. The summed E-state index contributed by atoms with van der Waals surface area (Å²) in [5.74, 6) is -1.17. The number of rotatable bonds is 4. The summed E-state index contributed by atoms with van der Waals surface area (Å²) in [5.41, 5.74) is 0.213. The first-order valence-corrected chi connectivity index (χ1v) is 5.85. The van der Waals surface area contributed by atoms with Crippen molar-refractivity contribution in [2.45, 2.75) is 6.61 Å². The predicted octanol–water partition coefficient (Wildman–Crippen LogP) is 0.140. The number of carbonyl (C=O) groups is 1. The molecule has 84 valence electrons. The molecule has 0 spiro atoms. The zero-order chi connectivity index (χ0) is 11.6. The highest BCUT2D eigenvalue weighted by atomic mass is 32.2. The number of hydrogen-bond donors (Lipinski definition) is 1. The van der Waals surface area contributed by atoms with Crippen LogP contribution in [0.3, 0.4) is 0 Å². The number of aromatic carboxylic acids is 1. The first kappa shape index (κ1) is 11.7. The van der Waals surface area contributed by atoms with E-state index >= 15 is 0 Å². The van der Waals surface area contributed by atoms with Gasteiger partial charge in [-0.2, -0.15) is 0 Å². The van der Waals surface area contributed by atoms with Gasteiger partial charge in [0.1, 0.15) is 0 Å². The van der Waals surface area contributed by atoms with Crippen molar-refractivity contribution >= 4 is 16.0 Å². The lowest BCUT2D eigenvalue weighted by Crippen LogP contribution is -2.12. The van der Waals surface area contributed by atoms with Crippen LogP contribution in [-0.2, 0) is 21.4 Å². The molecule has 0 amide bonds. The molecule has 0 radical (unpaired) electrons. The van der Waals surface area contributed by atoms with Crippen LogP contribution in [-0.4, -0.2) is 36.8 Å². The fourth-order valence-corrected chi connectivity index (χ4v) is 2.00. The van der Waals surface area contributed by atoms with Crippen LogP contribution in [0.5, 0.6) is 0 Å². The Hall–Kier alpha value is -1.34. The largest absolute Gasteiger partial charge is 0.478 e. The van der Waals surface area contributed by atoms with E-state index in [1.807, 2.05) is 0 Å². The summed E-state index contributed by atoms with van der Waals surface area (Å²) in [5, 5.41) is 8.71. The maximum atomic E-state index is 11.3. The molecule has 1 aromatic rings. The monoisotopic (exact) mass is 233 g/mol. The van der Waals surface area contributed by atoms with Gasteiger partial charge in [0.05, 0.1) is 24.1 Å². The van der Waals surface area contributed by atoms with E-state index in [-0.39, 0.29) is 17.9 Å². The maximum Gasteiger partial charge on any atom is 0.337 e. The number of hydrogen-bond acceptors (Lipinski definition) is 4. The Labute approximate surface area is 87.1 Å². The predicted molar refractivity (Wildman–Crippen MR) is 52.3 cm³/mol. The molecule has 0 aliphatic rings. The van der Waals surface area contributed by atoms with Crippen LogP contribution in [0.1, 0.15) is 16.1 Å². The average molecular weight is 233 g/mol. The fraction of sp³-hybridized carbons (Fsp3) is 0.375. The van der Waals surface area contributed by atoms with Gasteiger partial charge < -0.3 is 9.84 Å². The van der Waals surface area contributed by atoms with Crippen molar-refractivity contribution in [1.82, 2.24) is 3.97 Å². The first-order chi connectivity index (χ1) is 6.86. The number of nitrogens with zero attached hydrogens (tertiary/aromatic N) is 1. The van der Waals surface area contributed by atoms with Crippen LogP contribution in [0.2, 0.25) is 0 Å². The molecular weight excluding hydrogens is 222 g/mol. The first-order valence-electron chi connectivity index (χ1n) is 4.00. The highest BCUT2D eigenvalue weighted by Crippen LogP contribution is 2.12. The Morgan fingerprint density at radius 1 is 1.60 bits per heavy atom. The van der Waals surface area contributed by atoms with Crippen molar-refractivity contribution < 1.29 is 23.1 Å². The standard InChI is InChI=1S/C8H11NO5S/c1-14-5-7-3-6(8(10)11)4-9(7)15(2,12)13/h3-4H,5H2,1-2H3,(H,10,11). The molecule has 6 nitrogen and oxygen atoms in total. The van der Waals surface area contributed by atoms with E-state index in [4.69, 9.17) is 9.84 Å². The molecule has 0 aliphatic heterocycles. The van der Waals surface area contributed by atoms with Crippen LogP contribution in [0, 0.1) is 0 Å². The number of carboxylic acids is 1. The van der Waals surface area contributed by atoms with Crippen molar-refractivity contribution in [1.29, 1.82) is 0 Å². The lowest BCUT2D eigenvalue weighted by molar-refractivity contribution is 0.0697. The van der Waals surface area contributed by atoms with Gasteiger partial charge in [0.15, 0.2) is 0 Å². The third-order valence-corrected chi connectivity index (χ3v) is 2.81. The van der Waals surface area contributed by atoms with Crippen LogP contribution < -0.4 is 0 Å². The lowest BCUT2D eigenvalue weighted by Gasteiger charge is -2.04. The second-order valence-electron chi connectivity index (χ2n) is 3.02. The Balaban J connectivity index is 3.30. The Morgan fingerprint density at radius 2 is 2.20 bits per heavy atom. The van der Waals surface area contributed by atoms with Gasteiger partial charge in [-0.1, -0.05) is 0 Å². The molecule has 0 aromatic carbocycles. The molecule has 15 heavy (non-hydrogen) atoms. The normalized spacial score (nSPS) is 11.6. The van der Waals surface area contributed by atoms with E-state index in [1.165, 1.54) is 13.2 Å². The summed E-state index contributed by atoms with van der Waals surface area (Å²) in [6.07, 6.45) is 2.06. The minimum absolute atomic E-state index is 0.0420. The van der Waals surface area contributed by atoms with E-state index in [0.717, 1.165) is 16.4 Å². The van der Waals surface area contributed by atoms with Crippen LogP contribution in [0.4, 0.5) is 0 Å². The number of methoxy groups -OCH3 is 1. The quantitative estimate of drug-likeness (QED) is 0.799. The zero-order valence-electron chi connectivity index (χ0n) is 8.30. The van der Waals surface area contributed by atoms with Gasteiger partial charge >= 0.3 is 5.97 Å². The van der Waals surface area contributed by atoms with E-state index in [0.29, 0.717) is 0 Å². The van der Waals surface area contributed by atoms with Crippen molar-refractivity contribution in [3.63, 3.8) is 0 Å². The SMILES string of the molecule is COCc1cc(C(=O)O)cn1S(C)(=O)=O. The van der Waals surface area contributed by atoms with Crippen LogP contribution in [0.15, 0.2) is 12.3 Å². The molecule has 1 aromatic heterocycles. The summed E-state index contributed by atoms with van der Waals surface area (Å²) >= 11 is 0. The second kappa shape index (κ2) is 4.03. The summed E-state index contributed by atoms with van der Waals surface area (Å²) in [6, 6.07) is 1.27. The van der Waals surface area contributed by atoms with Gasteiger partial charge in [-0.15, -0.1) is 0 Å². The summed E-state index contributed by atoms with van der Waals surface area (Å²) in [4.78, 5) is 10.6. The molecule has 0 saturated carbocycles. The van der Waals surface area contributed by atoms with Gasteiger partial charge in [0.2, 0.25) is 10.0 Å². The molecule has 0 unspecified atom stereocenters. The molecule has 0 atom stereocenters. The molecule has 1 heterocycles. The molecule has 0 aliphatic carbocycles. The number of aromatic nitrogens is 1. The Morgan fingerprint density at radius 3 is 2.60 bits per heavy atom. The molecule has 0 bridgehead atoms. The minimum Gasteiger partial charge on any atom is -0.478 e. The molecule has 7 heteroatoms. The third-order valence-electron chi connectivity index (χ3n) is 1.76.